The lowest BCUT2D eigenvalue weighted by molar-refractivity contribution is -0.129. The number of benzene rings is 1. The van der Waals surface area contributed by atoms with Crippen LogP contribution in [0.15, 0.2) is 24.3 Å². The van der Waals surface area contributed by atoms with Crippen molar-refractivity contribution in [2.45, 2.75) is 20.0 Å². The maximum absolute atomic E-state index is 11.7. The summed E-state index contributed by atoms with van der Waals surface area (Å²) in [6, 6.07) is 7.09. The second kappa shape index (κ2) is 9.60. The number of aliphatic hydroxyl groups is 1. The summed E-state index contributed by atoms with van der Waals surface area (Å²) in [4.78, 5) is 13.5. The van der Waals surface area contributed by atoms with E-state index in [1.54, 1.807) is 17.0 Å². The molecule has 1 atom stereocenters. The number of aliphatic hydroxyl groups excluding tert-OH is 1. The number of rotatable bonds is 9. The van der Waals surface area contributed by atoms with Crippen LogP contribution in [0.25, 0.3) is 0 Å². The van der Waals surface area contributed by atoms with E-state index in [4.69, 9.17) is 16.3 Å². The van der Waals surface area contributed by atoms with Crippen LogP contribution in [-0.2, 0) is 4.79 Å². The molecule has 1 aromatic rings. The minimum absolute atomic E-state index is 0.0271. The first-order valence-electron chi connectivity index (χ1n) is 7.12. The first-order chi connectivity index (χ1) is 10.1. The monoisotopic (exact) mass is 314 g/mol. The summed E-state index contributed by atoms with van der Waals surface area (Å²) in [7, 11) is 0. The van der Waals surface area contributed by atoms with Crippen molar-refractivity contribution in [3.05, 3.63) is 29.3 Å². The molecule has 0 saturated heterocycles. The fourth-order valence-corrected chi connectivity index (χ4v) is 2.03. The topological polar surface area (TPSA) is 61.8 Å². The second-order valence-corrected chi connectivity index (χ2v) is 5.00. The number of nitrogens with zero attached hydrogens (tertiary/aromatic N) is 1. The van der Waals surface area contributed by atoms with Gasteiger partial charge in [0.05, 0.1) is 11.6 Å². The predicted octanol–water partition coefficient (Wildman–Crippen LogP) is 1.54. The molecule has 1 unspecified atom stereocenters. The minimum Gasteiger partial charge on any atom is -0.489 e. The van der Waals surface area contributed by atoms with Gasteiger partial charge < -0.3 is 20.1 Å². The Morgan fingerprint density at radius 3 is 2.67 bits per heavy atom. The van der Waals surface area contributed by atoms with Crippen LogP contribution in [-0.4, -0.2) is 54.8 Å². The summed E-state index contributed by atoms with van der Waals surface area (Å²) >= 11 is 5.95. The van der Waals surface area contributed by atoms with E-state index in [1.807, 2.05) is 26.0 Å². The van der Waals surface area contributed by atoms with Gasteiger partial charge in [-0.3, -0.25) is 4.79 Å². The summed E-state index contributed by atoms with van der Waals surface area (Å²) in [5, 5.41) is 13.3. The summed E-state index contributed by atoms with van der Waals surface area (Å²) < 4.78 is 5.43. The van der Waals surface area contributed by atoms with Gasteiger partial charge in [-0.2, -0.15) is 0 Å². The van der Waals surface area contributed by atoms with Gasteiger partial charge in [0, 0.05) is 19.6 Å². The van der Waals surface area contributed by atoms with Crippen molar-refractivity contribution in [1.29, 1.82) is 0 Å². The van der Waals surface area contributed by atoms with E-state index in [2.05, 4.69) is 5.32 Å². The van der Waals surface area contributed by atoms with Gasteiger partial charge in [-0.1, -0.05) is 23.7 Å². The molecule has 0 aliphatic carbocycles. The van der Waals surface area contributed by atoms with Crippen LogP contribution in [0.4, 0.5) is 0 Å². The number of carbonyl (C=O) groups excluding carboxylic acids is 1. The van der Waals surface area contributed by atoms with Crippen molar-refractivity contribution in [3.8, 4) is 5.75 Å². The molecular weight excluding hydrogens is 292 g/mol. The maximum Gasteiger partial charge on any atom is 0.236 e. The first-order valence-corrected chi connectivity index (χ1v) is 7.50. The molecule has 1 aromatic carbocycles. The van der Waals surface area contributed by atoms with Crippen molar-refractivity contribution < 1.29 is 14.6 Å². The number of para-hydroxylation sites is 1. The number of hydrogen-bond donors (Lipinski definition) is 2. The SMILES string of the molecule is CCN(CC)C(=O)CNCC(O)COc1ccccc1Cl. The van der Waals surface area contributed by atoms with E-state index in [9.17, 15) is 9.90 Å². The van der Waals surface area contributed by atoms with Crippen molar-refractivity contribution in [2.75, 3.05) is 32.8 Å². The molecular formula is C15H23ClN2O3. The van der Waals surface area contributed by atoms with Gasteiger partial charge >= 0.3 is 0 Å². The third-order valence-corrected chi connectivity index (χ3v) is 3.35. The molecule has 6 heteroatoms. The van der Waals surface area contributed by atoms with Crippen LogP contribution in [0.3, 0.4) is 0 Å². The molecule has 0 radical (unpaired) electrons. The average molecular weight is 315 g/mol. The standard InChI is InChI=1S/C15H23ClN2O3/c1-3-18(4-2)15(20)10-17-9-12(19)11-21-14-8-6-5-7-13(14)16/h5-8,12,17,19H,3-4,9-11H2,1-2H3. The summed E-state index contributed by atoms with van der Waals surface area (Å²) in [6.45, 7) is 5.88. The molecule has 5 nitrogen and oxygen atoms in total. The van der Waals surface area contributed by atoms with E-state index < -0.39 is 6.10 Å². The molecule has 1 rings (SSSR count). The fraction of sp³-hybridized carbons (Fsp3) is 0.533. The normalized spacial score (nSPS) is 12.0. The van der Waals surface area contributed by atoms with Gasteiger partial charge in [0.25, 0.3) is 0 Å². The van der Waals surface area contributed by atoms with Gasteiger partial charge in [-0.05, 0) is 26.0 Å². The molecule has 21 heavy (non-hydrogen) atoms. The molecule has 2 N–H and O–H groups in total. The van der Waals surface area contributed by atoms with Crippen LogP contribution >= 0.6 is 11.6 Å². The van der Waals surface area contributed by atoms with Gasteiger partial charge in [0.15, 0.2) is 0 Å². The average Bonchev–Trinajstić information content (AvgIpc) is 2.47. The molecule has 0 bridgehead atoms. The van der Waals surface area contributed by atoms with E-state index in [0.717, 1.165) is 0 Å². The molecule has 0 aliphatic heterocycles. The van der Waals surface area contributed by atoms with Crippen molar-refractivity contribution in [3.63, 3.8) is 0 Å². The highest BCUT2D eigenvalue weighted by molar-refractivity contribution is 6.32. The summed E-state index contributed by atoms with van der Waals surface area (Å²) in [6.07, 6.45) is -0.703. The molecule has 0 heterocycles. The Labute approximate surface area is 130 Å². The van der Waals surface area contributed by atoms with Crippen LogP contribution in [0.1, 0.15) is 13.8 Å². The molecule has 0 aliphatic rings. The molecule has 0 spiro atoms. The number of amides is 1. The smallest absolute Gasteiger partial charge is 0.236 e. The number of hydrogen-bond acceptors (Lipinski definition) is 4. The lowest BCUT2D eigenvalue weighted by atomic mass is 10.3. The quantitative estimate of drug-likeness (QED) is 0.726. The lowest BCUT2D eigenvalue weighted by Crippen LogP contribution is -2.41. The Kier molecular flexibility index (Phi) is 8.12. The predicted molar refractivity (Wildman–Crippen MR) is 83.8 cm³/mol. The number of ether oxygens (including phenoxy) is 1. The Hall–Kier alpha value is -1.30. The Balaban J connectivity index is 2.24. The third-order valence-electron chi connectivity index (χ3n) is 3.04. The first kappa shape index (κ1) is 17.8. The summed E-state index contributed by atoms with van der Waals surface area (Å²) in [5.41, 5.74) is 0. The van der Waals surface area contributed by atoms with Crippen molar-refractivity contribution in [2.24, 2.45) is 0 Å². The molecule has 118 valence electrons. The fourth-order valence-electron chi connectivity index (χ4n) is 1.84. The Morgan fingerprint density at radius 1 is 1.38 bits per heavy atom. The zero-order chi connectivity index (χ0) is 15.7. The van der Waals surface area contributed by atoms with Gasteiger partial charge in [0.1, 0.15) is 18.5 Å². The molecule has 0 fully saturated rings. The van der Waals surface area contributed by atoms with E-state index in [0.29, 0.717) is 23.9 Å². The number of likely N-dealkylation sites (N-methyl/N-ethyl adjacent to an activating group) is 1. The highest BCUT2D eigenvalue weighted by Gasteiger charge is 2.11. The number of nitrogens with one attached hydrogen (secondary N) is 1. The largest absolute Gasteiger partial charge is 0.489 e. The zero-order valence-electron chi connectivity index (χ0n) is 12.5. The highest BCUT2D eigenvalue weighted by Crippen LogP contribution is 2.22. The Morgan fingerprint density at radius 2 is 2.05 bits per heavy atom. The van der Waals surface area contributed by atoms with E-state index >= 15 is 0 Å². The number of carbonyl (C=O) groups is 1. The van der Waals surface area contributed by atoms with Crippen molar-refractivity contribution in [1.82, 2.24) is 10.2 Å². The zero-order valence-corrected chi connectivity index (χ0v) is 13.3. The number of halogens is 1. The lowest BCUT2D eigenvalue weighted by Gasteiger charge is -2.19. The second-order valence-electron chi connectivity index (χ2n) is 4.59. The van der Waals surface area contributed by atoms with Crippen LogP contribution in [0.5, 0.6) is 5.75 Å². The molecule has 1 amide bonds. The third kappa shape index (κ3) is 6.33. The van der Waals surface area contributed by atoms with E-state index in [-0.39, 0.29) is 25.6 Å². The van der Waals surface area contributed by atoms with Crippen LogP contribution < -0.4 is 10.1 Å². The van der Waals surface area contributed by atoms with Crippen LogP contribution in [0, 0.1) is 0 Å². The van der Waals surface area contributed by atoms with Crippen molar-refractivity contribution >= 4 is 17.5 Å². The highest BCUT2D eigenvalue weighted by atomic mass is 35.5. The maximum atomic E-state index is 11.7. The van der Waals surface area contributed by atoms with Gasteiger partial charge in [0.2, 0.25) is 5.91 Å². The van der Waals surface area contributed by atoms with E-state index in [1.165, 1.54) is 0 Å². The summed E-state index contributed by atoms with van der Waals surface area (Å²) in [5.74, 6) is 0.566. The molecule has 0 saturated carbocycles. The Bertz CT molecular complexity index is 439. The van der Waals surface area contributed by atoms with Gasteiger partial charge in [-0.25, -0.2) is 0 Å². The molecule has 0 aromatic heterocycles. The van der Waals surface area contributed by atoms with Crippen LogP contribution in [0.2, 0.25) is 5.02 Å². The minimum atomic E-state index is -0.703. The van der Waals surface area contributed by atoms with Gasteiger partial charge in [-0.15, -0.1) is 0 Å².